The molecule has 0 aromatic heterocycles. The molecular formula is C18H18ClNO3. The van der Waals surface area contributed by atoms with Crippen molar-refractivity contribution < 1.29 is 14.6 Å². The molecular weight excluding hydrogens is 314 g/mol. The number of halogens is 1. The Morgan fingerprint density at radius 1 is 1.22 bits per heavy atom. The molecule has 1 amide bonds. The standard InChI is InChI=1S/C18H18ClNO3/c1-18(2)10-23-15-9-12(11-3-6-13(19)7-4-11)5-8-14(15)16(18)20-17(21)22/h3-9,16,20H,10H2,1-2H3,(H,21,22). The van der Waals surface area contributed by atoms with Crippen LogP contribution in [0.1, 0.15) is 25.5 Å². The lowest BCUT2D eigenvalue weighted by molar-refractivity contribution is 0.0996. The van der Waals surface area contributed by atoms with Crippen LogP contribution in [0.5, 0.6) is 5.75 Å². The van der Waals surface area contributed by atoms with Crippen molar-refractivity contribution in [2.45, 2.75) is 19.9 Å². The number of benzene rings is 2. The Morgan fingerprint density at radius 3 is 2.52 bits per heavy atom. The summed E-state index contributed by atoms with van der Waals surface area (Å²) < 4.78 is 5.88. The largest absolute Gasteiger partial charge is 0.493 e. The van der Waals surface area contributed by atoms with E-state index in [9.17, 15) is 4.79 Å². The molecule has 0 aliphatic carbocycles. The summed E-state index contributed by atoms with van der Waals surface area (Å²) in [5, 5.41) is 12.4. The first kappa shape index (κ1) is 15.7. The molecule has 4 nitrogen and oxygen atoms in total. The summed E-state index contributed by atoms with van der Waals surface area (Å²) in [5.41, 5.74) is 2.59. The van der Waals surface area contributed by atoms with Crippen LogP contribution in [-0.2, 0) is 0 Å². The van der Waals surface area contributed by atoms with Gasteiger partial charge in [0.15, 0.2) is 0 Å². The van der Waals surface area contributed by atoms with E-state index in [1.165, 1.54) is 0 Å². The molecule has 1 atom stereocenters. The number of nitrogens with one attached hydrogen (secondary N) is 1. The minimum Gasteiger partial charge on any atom is -0.493 e. The maximum Gasteiger partial charge on any atom is 0.405 e. The highest BCUT2D eigenvalue weighted by Gasteiger charge is 2.38. The van der Waals surface area contributed by atoms with Gasteiger partial charge in [0.2, 0.25) is 0 Å². The Bertz CT molecular complexity index is 740. The van der Waals surface area contributed by atoms with E-state index in [1.807, 2.05) is 56.3 Å². The molecule has 0 radical (unpaired) electrons. The third-order valence-corrected chi connectivity index (χ3v) is 4.40. The quantitative estimate of drug-likeness (QED) is 0.836. The molecule has 0 bridgehead atoms. The van der Waals surface area contributed by atoms with Crippen molar-refractivity contribution >= 4 is 17.7 Å². The van der Waals surface area contributed by atoms with E-state index < -0.39 is 6.09 Å². The molecule has 2 aromatic carbocycles. The number of carboxylic acid groups (broad SMARTS) is 1. The van der Waals surface area contributed by atoms with Crippen molar-refractivity contribution in [1.82, 2.24) is 5.32 Å². The van der Waals surface area contributed by atoms with Gasteiger partial charge in [-0.1, -0.05) is 49.7 Å². The molecule has 1 unspecified atom stereocenters. The van der Waals surface area contributed by atoms with E-state index in [0.717, 1.165) is 22.4 Å². The molecule has 2 aromatic rings. The van der Waals surface area contributed by atoms with Gasteiger partial charge in [0.05, 0.1) is 12.6 Å². The molecule has 1 heterocycles. The molecule has 1 aliphatic rings. The Labute approximate surface area is 140 Å². The number of carbonyl (C=O) groups is 1. The van der Waals surface area contributed by atoms with Crippen molar-refractivity contribution in [2.24, 2.45) is 5.41 Å². The van der Waals surface area contributed by atoms with Crippen LogP contribution in [0.15, 0.2) is 42.5 Å². The molecule has 23 heavy (non-hydrogen) atoms. The zero-order valence-electron chi connectivity index (χ0n) is 13.0. The highest BCUT2D eigenvalue weighted by molar-refractivity contribution is 6.30. The Hall–Kier alpha value is -2.20. The van der Waals surface area contributed by atoms with Crippen LogP contribution < -0.4 is 10.1 Å². The number of ether oxygens (including phenoxy) is 1. The topological polar surface area (TPSA) is 58.6 Å². The summed E-state index contributed by atoms with van der Waals surface area (Å²) in [5.74, 6) is 0.718. The predicted octanol–water partition coefficient (Wildman–Crippen LogP) is 4.73. The molecule has 0 saturated heterocycles. The van der Waals surface area contributed by atoms with E-state index in [-0.39, 0.29) is 11.5 Å². The van der Waals surface area contributed by atoms with Gasteiger partial charge in [-0.3, -0.25) is 0 Å². The first-order chi connectivity index (χ1) is 10.9. The molecule has 0 spiro atoms. The number of amides is 1. The first-order valence-corrected chi connectivity index (χ1v) is 7.77. The number of hydrogen-bond acceptors (Lipinski definition) is 2. The fraction of sp³-hybridized carbons (Fsp3) is 0.278. The molecule has 120 valence electrons. The van der Waals surface area contributed by atoms with Crippen molar-refractivity contribution in [3.05, 3.63) is 53.1 Å². The van der Waals surface area contributed by atoms with E-state index >= 15 is 0 Å². The van der Waals surface area contributed by atoms with E-state index in [0.29, 0.717) is 11.6 Å². The lowest BCUT2D eigenvalue weighted by Gasteiger charge is -2.39. The van der Waals surface area contributed by atoms with Crippen LogP contribution in [0, 0.1) is 5.41 Å². The maximum absolute atomic E-state index is 11.1. The Kier molecular flexibility index (Phi) is 3.94. The number of hydrogen-bond donors (Lipinski definition) is 2. The Balaban J connectivity index is 2.00. The molecule has 5 heteroatoms. The summed E-state index contributed by atoms with van der Waals surface area (Å²) in [6, 6.07) is 13.1. The molecule has 3 rings (SSSR count). The van der Waals surface area contributed by atoms with E-state index in [1.54, 1.807) is 0 Å². The summed E-state index contributed by atoms with van der Waals surface area (Å²) in [4.78, 5) is 11.1. The third-order valence-electron chi connectivity index (χ3n) is 4.15. The summed E-state index contributed by atoms with van der Waals surface area (Å²) >= 11 is 5.92. The van der Waals surface area contributed by atoms with Gasteiger partial charge in [-0.05, 0) is 29.3 Å². The van der Waals surface area contributed by atoms with Crippen molar-refractivity contribution in [3.8, 4) is 16.9 Å². The van der Waals surface area contributed by atoms with Gasteiger partial charge in [0.25, 0.3) is 0 Å². The second-order valence-electron chi connectivity index (χ2n) is 6.42. The normalized spacial score (nSPS) is 18.7. The number of rotatable bonds is 2. The first-order valence-electron chi connectivity index (χ1n) is 7.39. The summed E-state index contributed by atoms with van der Waals surface area (Å²) in [6.07, 6.45) is -1.03. The van der Waals surface area contributed by atoms with Crippen LogP contribution in [0.25, 0.3) is 11.1 Å². The third kappa shape index (κ3) is 3.13. The van der Waals surface area contributed by atoms with Gasteiger partial charge in [0.1, 0.15) is 5.75 Å². The lowest BCUT2D eigenvalue weighted by Crippen LogP contribution is -2.43. The molecule has 1 aliphatic heterocycles. The minimum absolute atomic E-state index is 0.303. The fourth-order valence-electron chi connectivity index (χ4n) is 2.88. The zero-order valence-corrected chi connectivity index (χ0v) is 13.7. The van der Waals surface area contributed by atoms with Gasteiger partial charge in [-0.15, -0.1) is 0 Å². The average molecular weight is 332 g/mol. The summed E-state index contributed by atoms with van der Waals surface area (Å²) in [7, 11) is 0. The van der Waals surface area contributed by atoms with Crippen molar-refractivity contribution in [2.75, 3.05) is 6.61 Å². The number of fused-ring (bicyclic) bond motifs is 1. The van der Waals surface area contributed by atoms with Gasteiger partial charge in [-0.25, -0.2) is 4.79 Å². The molecule has 0 saturated carbocycles. The van der Waals surface area contributed by atoms with Crippen molar-refractivity contribution in [1.29, 1.82) is 0 Å². The highest BCUT2D eigenvalue weighted by atomic mass is 35.5. The van der Waals surface area contributed by atoms with Crippen LogP contribution >= 0.6 is 11.6 Å². The average Bonchev–Trinajstić information content (AvgIpc) is 2.50. The van der Waals surface area contributed by atoms with Gasteiger partial charge < -0.3 is 15.2 Å². The van der Waals surface area contributed by atoms with Crippen LogP contribution in [0.4, 0.5) is 4.79 Å². The van der Waals surface area contributed by atoms with Gasteiger partial charge in [-0.2, -0.15) is 0 Å². The van der Waals surface area contributed by atoms with Crippen LogP contribution in [-0.4, -0.2) is 17.8 Å². The van der Waals surface area contributed by atoms with Crippen LogP contribution in [0.2, 0.25) is 5.02 Å². The smallest absolute Gasteiger partial charge is 0.405 e. The van der Waals surface area contributed by atoms with E-state index in [4.69, 9.17) is 21.4 Å². The maximum atomic E-state index is 11.1. The van der Waals surface area contributed by atoms with Gasteiger partial charge >= 0.3 is 6.09 Å². The lowest BCUT2D eigenvalue weighted by atomic mass is 9.78. The van der Waals surface area contributed by atoms with Gasteiger partial charge in [0, 0.05) is 16.0 Å². The van der Waals surface area contributed by atoms with E-state index in [2.05, 4.69) is 5.32 Å². The SMILES string of the molecule is CC1(C)COc2cc(-c3ccc(Cl)cc3)ccc2C1NC(=O)O. The zero-order chi connectivity index (χ0) is 16.6. The highest BCUT2D eigenvalue weighted by Crippen LogP contribution is 2.44. The predicted molar refractivity (Wildman–Crippen MR) is 90.1 cm³/mol. The monoisotopic (exact) mass is 331 g/mol. The minimum atomic E-state index is -1.03. The second-order valence-corrected chi connectivity index (χ2v) is 6.86. The van der Waals surface area contributed by atoms with Crippen LogP contribution in [0.3, 0.4) is 0 Å². The van der Waals surface area contributed by atoms with Crippen molar-refractivity contribution in [3.63, 3.8) is 0 Å². The molecule has 2 N–H and O–H groups in total. The summed E-state index contributed by atoms with van der Waals surface area (Å²) in [6.45, 7) is 4.43. The second kappa shape index (κ2) is 5.78. The Morgan fingerprint density at radius 2 is 1.87 bits per heavy atom. The fourth-order valence-corrected chi connectivity index (χ4v) is 3.01. The molecule has 0 fully saturated rings.